The summed E-state index contributed by atoms with van der Waals surface area (Å²) in [5.74, 6) is -0.170. The number of rotatable bonds is 3. The zero-order chi connectivity index (χ0) is 14.7. The van der Waals surface area contributed by atoms with Gasteiger partial charge in [-0.2, -0.15) is 0 Å². The fourth-order valence-corrected chi connectivity index (χ4v) is 2.39. The molecule has 2 rings (SSSR count). The second kappa shape index (κ2) is 6.29. The highest BCUT2D eigenvalue weighted by molar-refractivity contribution is 9.10. The lowest BCUT2D eigenvalue weighted by Gasteiger charge is -2.18. The molecule has 0 fully saturated rings. The fourth-order valence-electron chi connectivity index (χ4n) is 1.82. The maximum absolute atomic E-state index is 12.3. The van der Waals surface area contributed by atoms with Gasteiger partial charge < -0.3 is 10.2 Å². The molecule has 0 saturated heterocycles. The van der Waals surface area contributed by atoms with Crippen LogP contribution in [0.2, 0.25) is 5.02 Å². The fraction of sp³-hybridized carbons (Fsp3) is 0.133. The molecule has 5 heteroatoms. The van der Waals surface area contributed by atoms with Gasteiger partial charge in [-0.15, -0.1) is 0 Å². The van der Waals surface area contributed by atoms with E-state index >= 15 is 0 Å². The number of nitrogens with zero attached hydrogens (tertiary/aromatic N) is 1. The van der Waals surface area contributed by atoms with Gasteiger partial charge in [-0.3, -0.25) is 4.79 Å². The van der Waals surface area contributed by atoms with Gasteiger partial charge in [-0.25, -0.2) is 0 Å². The average molecular weight is 354 g/mol. The standard InChI is InChI=1S/C15H14BrClN2O/c1-19(2)14-7-6-12(17)9-13(14)18-15(20)10-4-3-5-11(16)8-10/h3-9H,1-2H3,(H,18,20). The van der Waals surface area contributed by atoms with E-state index in [-0.39, 0.29) is 5.91 Å². The topological polar surface area (TPSA) is 32.3 Å². The van der Waals surface area contributed by atoms with Gasteiger partial charge in [0.1, 0.15) is 0 Å². The van der Waals surface area contributed by atoms with Crippen molar-refractivity contribution in [2.24, 2.45) is 0 Å². The van der Waals surface area contributed by atoms with E-state index in [2.05, 4.69) is 21.2 Å². The molecular formula is C15H14BrClN2O. The highest BCUT2D eigenvalue weighted by Crippen LogP contribution is 2.28. The van der Waals surface area contributed by atoms with Gasteiger partial charge >= 0.3 is 0 Å². The maximum atomic E-state index is 12.3. The summed E-state index contributed by atoms with van der Waals surface area (Å²) in [4.78, 5) is 14.2. The molecule has 1 N–H and O–H groups in total. The molecule has 0 aromatic heterocycles. The van der Waals surface area contributed by atoms with Gasteiger partial charge in [-0.1, -0.05) is 33.6 Å². The third-order valence-corrected chi connectivity index (χ3v) is 3.50. The molecule has 0 heterocycles. The molecular weight excluding hydrogens is 340 g/mol. The molecule has 3 nitrogen and oxygen atoms in total. The summed E-state index contributed by atoms with van der Waals surface area (Å²) in [5, 5.41) is 3.47. The molecule has 0 spiro atoms. The van der Waals surface area contributed by atoms with Crippen LogP contribution in [0.3, 0.4) is 0 Å². The van der Waals surface area contributed by atoms with Crippen LogP contribution in [0.4, 0.5) is 11.4 Å². The van der Waals surface area contributed by atoms with Crippen LogP contribution in [0.25, 0.3) is 0 Å². The summed E-state index contributed by atoms with van der Waals surface area (Å²) in [6, 6.07) is 12.7. The third-order valence-electron chi connectivity index (χ3n) is 2.78. The Morgan fingerprint density at radius 3 is 2.60 bits per heavy atom. The minimum atomic E-state index is -0.170. The van der Waals surface area contributed by atoms with Crippen molar-refractivity contribution in [2.45, 2.75) is 0 Å². The SMILES string of the molecule is CN(C)c1ccc(Cl)cc1NC(=O)c1cccc(Br)c1. The van der Waals surface area contributed by atoms with Gasteiger partial charge in [0.05, 0.1) is 11.4 Å². The van der Waals surface area contributed by atoms with Crippen LogP contribution >= 0.6 is 27.5 Å². The number of hydrogen-bond acceptors (Lipinski definition) is 2. The zero-order valence-electron chi connectivity index (χ0n) is 11.2. The lowest BCUT2D eigenvalue weighted by Crippen LogP contribution is -2.16. The van der Waals surface area contributed by atoms with Crippen molar-refractivity contribution in [1.29, 1.82) is 0 Å². The van der Waals surface area contributed by atoms with Crippen LogP contribution in [-0.2, 0) is 0 Å². The Morgan fingerprint density at radius 1 is 1.20 bits per heavy atom. The van der Waals surface area contributed by atoms with E-state index in [0.29, 0.717) is 16.3 Å². The van der Waals surface area contributed by atoms with Gasteiger partial charge in [0, 0.05) is 29.2 Å². The molecule has 0 unspecified atom stereocenters. The van der Waals surface area contributed by atoms with Crippen molar-refractivity contribution in [3.05, 3.63) is 57.5 Å². The maximum Gasteiger partial charge on any atom is 0.255 e. The first kappa shape index (κ1) is 14.9. The Bertz CT molecular complexity index is 644. The van der Waals surface area contributed by atoms with E-state index in [1.807, 2.05) is 37.2 Å². The Hall–Kier alpha value is -1.52. The van der Waals surface area contributed by atoms with E-state index in [9.17, 15) is 4.79 Å². The molecule has 0 radical (unpaired) electrons. The molecule has 1 amide bonds. The van der Waals surface area contributed by atoms with Crippen LogP contribution in [0.1, 0.15) is 10.4 Å². The summed E-state index contributed by atoms with van der Waals surface area (Å²) in [6.07, 6.45) is 0. The Balaban J connectivity index is 2.30. The first-order chi connectivity index (χ1) is 9.47. The second-order valence-corrected chi connectivity index (χ2v) is 5.87. The molecule has 0 aliphatic rings. The summed E-state index contributed by atoms with van der Waals surface area (Å²) < 4.78 is 0.865. The Labute approximate surface area is 131 Å². The van der Waals surface area contributed by atoms with Crippen molar-refractivity contribution in [2.75, 3.05) is 24.3 Å². The van der Waals surface area contributed by atoms with E-state index in [1.54, 1.807) is 24.3 Å². The number of anilines is 2. The highest BCUT2D eigenvalue weighted by Gasteiger charge is 2.11. The number of hydrogen-bond donors (Lipinski definition) is 1. The van der Waals surface area contributed by atoms with Gasteiger partial charge in [0.2, 0.25) is 0 Å². The average Bonchev–Trinajstić information content (AvgIpc) is 2.38. The minimum absolute atomic E-state index is 0.170. The lowest BCUT2D eigenvalue weighted by molar-refractivity contribution is 0.102. The highest BCUT2D eigenvalue weighted by atomic mass is 79.9. The normalized spacial score (nSPS) is 10.2. The van der Waals surface area contributed by atoms with Crippen LogP contribution < -0.4 is 10.2 Å². The number of nitrogens with one attached hydrogen (secondary N) is 1. The number of halogens is 2. The number of amides is 1. The van der Waals surface area contributed by atoms with E-state index < -0.39 is 0 Å². The zero-order valence-corrected chi connectivity index (χ0v) is 13.5. The quantitative estimate of drug-likeness (QED) is 0.886. The van der Waals surface area contributed by atoms with Crippen molar-refractivity contribution in [3.8, 4) is 0 Å². The van der Waals surface area contributed by atoms with E-state index in [4.69, 9.17) is 11.6 Å². The summed E-state index contributed by atoms with van der Waals surface area (Å²) in [7, 11) is 3.83. The monoisotopic (exact) mass is 352 g/mol. The van der Waals surface area contributed by atoms with E-state index in [0.717, 1.165) is 10.2 Å². The molecule has 0 aliphatic carbocycles. The first-order valence-electron chi connectivity index (χ1n) is 6.01. The predicted molar refractivity (Wildman–Crippen MR) is 87.9 cm³/mol. The first-order valence-corrected chi connectivity index (χ1v) is 7.18. The van der Waals surface area contributed by atoms with Crippen LogP contribution in [0.15, 0.2) is 46.9 Å². The molecule has 0 atom stereocenters. The van der Waals surface area contributed by atoms with Crippen molar-refractivity contribution in [1.82, 2.24) is 0 Å². The second-order valence-electron chi connectivity index (χ2n) is 4.52. The molecule has 20 heavy (non-hydrogen) atoms. The number of carbonyl (C=O) groups is 1. The van der Waals surface area contributed by atoms with Gasteiger partial charge in [-0.05, 0) is 36.4 Å². The predicted octanol–water partition coefficient (Wildman–Crippen LogP) is 4.42. The van der Waals surface area contributed by atoms with Crippen molar-refractivity contribution < 1.29 is 4.79 Å². The minimum Gasteiger partial charge on any atom is -0.376 e. The third kappa shape index (κ3) is 3.52. The number of benzene rings is 2. The summed E-state index contributed by atoms with van der Waals surface area (Å²) >= 11 is 9.35. The van der Waals surface area contributed by atoms with E-state index in [1.165, 1.54) is 0 Å². The van der Waals surface area contributed by atoms with Crippen molar-refractivity contribution >= 4 is 44.8 Å². The molecule has 104 valence electrons. The molecule has 0 aliphatic heterocycles. The largest absolute Gasteiger partial charge is 0.376 e. The van der Waals surface area contributed by atoms with Crippen LogP contribution in [0.5, 0.6) is 0 Å². The number of carbonyl (C=O) groups excluding carboxylic acids is 1. The summed E-state index contributed by atoms with van der Waals surface area (Å²) in [6.45, 7) is 0. The molecule has 2 aromatic carbocycles. The Kier molecular flexibility index (Phi) is 4.68. The van der Waals surface area contributed by atoms with Crippen LogP contribution in [0, 0.1) is 0 Å². The lowest BCUT2D eigenvalue weighted by atomic mass is 10.2. The summed E-state index contributed by atoms with van der Waals surface area (Å²) in [5.41, 5.74) is 2.18. The van der Waals surface area contributed by atoms with Crippen molar-refractivity contribution in [3.63, 3.8) is 0 Å². The Morgan fingerprint density at radius 2 is 1.95 bits per heavy atom. The van der Waals surface area contributed by atoms with Gasteiger partial charge in [0.25, 0.3) is 5.91 Å². The van der Waals surface area contributed by atoms with Gasteiger partial charge in [0.15, 0.2) is 0 Å². The smallest absolute Gasteiger partial charge is 0.255 e. The molecule has 0 saturated carbocycles. The molecule has 0 bridgehead atoms. The van der Waals surface area contributed by atoms with Crippen LogP contribution in [-0.4, -0.2) is 20.0 Å². The molecule has 2 aromatic rings.